The molecule has 4 heteroatoms. The maximum Gasteiger partial charge on any atom is 0.352 e. The first-order valence-electron chi connectivity index (χ1n) is 3.79. The minimum atomic E-state index is -1.78. The molecule has 0 saturated heterocycles. The fourth-order valence-corrected chi connectivity index (χ4v) is 0.684. The molecule has 0 amide bonds. The average Bonchev–Trinajstić information content (AvgIpc) is 2.15. The Hall–Kier alpha value is -1.84. The molecule has 0 aromatic heterocycles. The zero-order valence-corrected chi connectivity index (χ0v) is 7.95. The number of ether oxygens (including phenoxy) is 1. The smallest absolute Gasteiger partial charge is 0.352 e. The molecule has 14 heavy (non-hydrogen) atoms. The fraction of sp³-hybridized carbons (Fsp3) is 0.200. The second-order valence-electron chi connectivity index (χ2n) is 2.69. The number of carbonyl (C=O) groups is 2. The highest BCUT2D eigenvalue weighted by Crippen LogP contribution is 2.21. The molecule has 1 atom stereocenters. The molecule has 0 radical (unpaired) electrons. The van der Waals surface area contributed by atoms with E-state index in [-0.39, 0.29) is 5.57 Å². The van der Waals surface area contributed by atoms with E-state index in [0.29, 0.717) is 0 Å². The Morgan fingerprint density at radius 2 is 1.86 bits per heavy atom. The number of hydrogen-bond acceptors (Lipinski definition) is 3. The number of carboxylic acids is 1. The van der Waals surface area contributed by atoms with Crippen LogP contribution in [-0.2, 0) is 14.3 Å². The summed E-state index contributed by atoms with van der Waals surface area (Å²) in [6.07, 6.45) is 2.11. The Bertz CT molecular complexity index is 303. The summed E-state index contributed by atoms with van der Waals surface area (Å²) in [5.74, 6) is -2.13. The SMILES string of the molecule is C=CC(=C)C(C)(OC(=O)C=C)C(=O)O. The van der Waals surface area contributed by atoms with E-state index in [0.717, 1.165) is 6.08 Å². The summed E-state index contributed by atoms with van der Waals surface area (Å²) in [7, 11) is 0. The van der Waals surface area contributed by atoms with Gasteiger partial charge in [-0.2, -0.15) is 0 Å². The highest BCUT2D eigenvalue weighted by molar-refractivity contribution is 5.89. The number of esters is 1. The molecular weight excluding hydrogens is 184 g/mol. The molecule has 1 unspecified atom stereocenters. The van der Waals surface area contributed by atoms with Crippen LogP contribution in [0, 0.1) is 0 Å². The zero-order valence-electron chi connectivity index (χ0n) is 7.95. The molecule has 4 nitrogen and oxygen atoms in total. The summed E-state index contributed by atoms with van der Waals surface area (Å²) in [5.41, 5.74) is -1.69. The summed E-state index contributed by atoms with van der Waals surface area (Å²) in [5, 5.41) is 8.86. The van der Waals surface area contributed by atoms with Gasteiger partial charge in [0.25, 0.3) is 0 Å². The lowest BCUT2D eigenvalue weighted by molar-refractivity contribution is -0.168. The predicted molar refractivity (Wildman–Crippen MR) is 51.7 cm³/mol. The van der Waals surface area contributed by atoms with Gasteiger partial charge >= 0.3 is 11.9 Å². The molecule has 0 aliphatic heterocycles. The quantitative estimate of drug-likeness (QED) is 0.409. The van der Waals surface area contributed by atoms with Crippen LogP contribution in [-0.4, -0.2) is 22.6 Å². The van der Waals surface area contributed by atoms with Crippen molar-refractivity contribution < 1.29 is 19.4 Å². The summed E-state index contributed by atoms with van der Waals surface area (Å²) < 4.78 is 4.67. The van der Waals surface area contributed by atoms with Crippen LogP contribution in [0.15, 0.2) is 37.5 Å². The maximum absolute atomic E-state index is 10.9. The van der Waals surface area contributed by atoms with Crippen LogP contribution in [0.25, 0.3) is 0 Å². The Morgan fingerprint density at radius 1 is 1.36 bits per heavy atom. The van der Waals surface area contributed by atoms with Gasteiger partial charge in [-0.15, -0.1) is 0 Å². The molecule has 0 bridgehead atoms. The molecule has 0 aliphatic rings. The fourth-order valence-electron chi connectivity index (χ4n) is 0.684. The maximum atomic E-state index is 10.9. The summed E-state index contributed by atoms with van der Waals surface area (Å²) in [4.78, 5) is 21.7. The van der Waals surface area contributed by atoms with Crippen molar-refractivity contribution in [1.82, 2.24) is 0 Å². The number of rotatable bonds is 5. The Morgan fingerprint density at radius 3 is 2.14 bits per heavy atom. The zero-order chi connectivity index (χ0) is 11.4. The summed E-state index contributed by atoms with van der Waals surface area (Å²) in [6.45, 7) is 11.2. The predicted octanol–water partition coefficient (Wildman–Crippen LogP) is 1.30. The van der Waals surface area contributed by atoms with Gasteiger partial charge in [0.15, 0.2) is 0 Å². The normalized spacial score (nSPS) is 13.5. The van der Waals surface area contributed by atoms with Gasteiger partial charge in [-0.3, -0.25) is 0 Å². The van der Waals surface area contributed by atoms with E-state index in [2.05, 4.69) is 24.5 Å². The number of carboxylic acid groups (broad SMARTS) is 1. The molecule has 0 fully saturated rings. The van der Waals surface area contributed by atoms with Crippen molar-refractivity contribution in [3.8, 4) is 0 Å². The number of hydrogen-bond donors (Lipinski definition) is 1. The van der Waals surface area contributed by atoms with E-state index in [1.807, 2.05) is 0 Å². The van der Waals surface area contributed by atoms with Gasteiger partial charge in [-0.1, -0.05) is 25.8 Å². The Balaban J connectivity index is 5.00. The van der Waals surface area contributed by atoms with Gasteiger partial charge in [-0.25, -0.2) is 9.59 Å². The molecule has 0 spiro atoms. The van der Waals surface area contributed by atoms with Gasteiger partial charge in [0.1, 0.15) is 0 Å². The second-order valence-corrected chi connectivity index (χ2v) is 2.69. The lowest BCUT2D eigenvalue weighted by Crippen LogP contribution is -2.41. The van der Waals surface area contributed by atoms with Crippen LogP contribution >= 0.6 is 0 Å². The third-order valence-electron chi connectivity index (χ3n) is 1.74. The van der Waals surface area contributed by atoms with Crippen LogP contribution in [0.5, 0.6) is 0 Å². The van der Waals surface area contributed by atoms with Crippen LogP contribution in [0.1, 0.15) is 6.92 Å². The Kier molecular flexibility index (Phi) is 3.83. The molecule has 0 saturated carbocycles. The third-order valence-corrected chi connectivity index (χ3v) is 1.74. The molecule has 76 valence electrons. The van der Waals surface area contributed by atoms with Crippen molar-refractivity contribution >= 4 is 11.9 Å². The van der Waals surface area contributed by atoms with Crippen molar-refractivity contribution in [1.29, 1.82) is 0 Å². The van der Waals surface area contributed by atoms with Crippen LogP contribution < -0.4 is 0 Å². The molecule has 0 aliphatic carbocycles. The largest absolute Gasteiger partial charge is 0.478 e. The van der Waals surface area contributed by atoms with Crippen molar-refractivity contribution in [2.24, 2.45) is 0 Å². The van der Waals surface area contributed by atoms with Gasteiger partial charge in [0.05, 0.1) is 0 Å². The van der Waals surface area contributed by atoms with E-state index in [9.17, 15) is 9.59 Å². The first kappa shape index (κ1) is 12.2. The van der Waals surface area contributed by atoms with Crippen molar-refractivity contribution in [3.63, 3.8) is 0 Å². The van der Waals surface area contributed by atoms with Crippen molar-refractivity contribution in [2.45, 2.75) is 12.5 Å². The number of aliphatic carboxylic acids is 1. The minimum Gasteiger partial charge on any atom is -0.478 e. The van der Waals surface area contributed by atoms with Gasteiger partial charge in [0.2, 0.25) is 5.60 Å². The molecule has 0 aromatic carbocycles. The minimum absolute atomic E-state index is 0.0974. The van der Waals surface area contributed by atoms with Crippen LogP contribution in [0.3, 0.4) is 0 Å². The topological polar surface area (TPSA) is 63.6 Å². The van der Waals surface area contributed by atoms with Crippen molar-refractivity contribution in [2.75, 3.05) is 0 Å². The van der Waals surface area contributed by atoms with E-state index in [4.69, 9.17) is 5.11 Å². The van der Waals surface area contributed by atoms with Gasteiger partial charge in [-0.05, 0) is 12.5 Å². The van der Waals surface area contributed by atoms with E-state index in [1.165, 1.54) is 13.0 Å². The third kappa shape index (κ3) is 2.32. The molecule has 0 aromatic rings. The van der Waals surface area contributed by atoms with Crippen LogP contribution in [0.4, 0.5) is 0 Å². The summed E-state index contributed by atoms with van der Waals surface area (Å²) >= 11 is 0. The molecule has 0 rings (SSSR count). The van der Waals surface area contributed by atoms with E-state index >= 15 is 0 Å². The monoisotopic (exact) mass is 196 g/mol. The highest BCUT2D eigenvalue weighted by atomic mass is 16.6. The first-order chi connectivity index (χ1) is 6.38. The van der Waals surface area contributed by atoms with E-state index in [1.54, 1.807) is 0 Å². The van der Waals surface area contributed by atoms with Gasteiger partial charge < -0.3 is 9.84 Å². The average molecular weight is 196 g/mol. The first-order valence-corrected chi connectivity index (χ1v) is 3.79. The Labute approximate surface area is 82.2 Å². The lowest BCUT2D eigenvalue weighted by Gasteiger charge is -2.24. The van der Waals surface area contributed by atoms with Crippen LogP contribution in [0.2, 0.25) is 0 Å². The highest BCUT2D eigenvalue weighted by Gasteiger charge is 2.38. The lowest BCUT2D eigenvalue weighted by atomic mass is 9.97. The molecular formula is C10H12O4. The van der Waals surface area contributed by atoms with Crippen molar-refractivity contribution in [3.05, 3.63) is 37.5 Å². The molecule has 1 N–H and O–H groups in total. The number of carbonyl (C=O) groups excluding carboxylic acids is 1. The summed E-state index contributed by atoms with van der Waals surface area (Å²) in [6, 6.07) is 0. The van der Waals surface area contributed by atoms with Gasteiger partial charge in [0, 0.05) is 6.08 Å². The standard InChI is InChI=1S/C10H12O4/c1-5-7(3)10(4,9(12)13)14-8(11)6-2/h5-6H,1-3H2,4H3,(H,12,13). The second kappa shape index (κ2) is 4.41. The molecule has 0 heterocycles. The van der Waals surface area contributed by atoms with E-state index < -0.39 is 17.5 Å².